The topological polar surface area (TPSA) is 75.6 Å². The fraction of sp³-hybridized carbons (Fsp3) is 0.571. The number of sulfonamides is 1. The summed E-state index contributed by atoms with van der Waals surface area (Å²) in [6, 6.07) is 3.33. The molecule has 112 valence electrons. The van der Waals surface area contributed by atoms with Crippen molar-refractivity contribution >= 4 is 10.0 Å². The molecule has 1 aliphatic heterocycles. The molecule has 1 fully saturated rings. The Labute approximate surface area is 120 Å². The molecule has 1 saturated heterocycles. The number of benzene rings is 1. The van der Waals surface area contributed by atoms with Crippen molar-refractivity contribution < 1.29 is 18.3 Å². The van der Waals surface area contributed by atoms with E-state index in [0.29, 0.717) is 30.8 Å². The van der Waals surface area contributed by atoms with Gasteiger partial charge in [-0.3, -0.25) is 0 Å². The van der Waals surface area contributed by atoms with Crippen molar-refractivity contribution in [3.05, 3.63) is 28.8 Å². The molecule has 0 radical (unpaired) electrons. The molecule has 1 aromatic carbocycles. The lowest BCUT2D eigenvalue weighted by Crippen LogP contribution is -2.46. The summed E-state index contributed by atoms with van der Waals surface area (Å²) in [5.74, 6) is 0. The molecule has 1 aromatic rings. The second-order valence-corrected chi connectivity index (χ2v) is 7.32. The molecular formula is C14H21NO4S. The predicted molar refractivity (Wildman–Crippen MR) is 76.0 cm³/mol. The maximum atomic E-state index is 12.5. The monoisotopic (exact) mass is 299 g/mol. The molecule has 20 heavy (non-hydrogen) atoms. The fourth-order valence-corrected chi connectivity index (χ4v) is 4.16. The van der Waals surface area contributed by atoms with E-state index in [0.717, 1.165) is 5.56 Å². The summed E-state index contributed by atoms with van der Waals surface area (Å²) in [5.41, 5.74) is 1.63. The third-order valence-electron chi connectivity index (χ3n) is 3.69. The second kappa shape index (κ2) is 5.44. The first-order valence-corrected chi connectivity index (χ1v) is 8.08. The average Bonchev–Trinajstić information content (AvgIpc) is 2.74. The zero-order valence-corrected chi connectivity index (χ0v) is 12.9. The molecule has 2 rings (SSSR count). The lowest BCUT2D eigenvalue weighted by atomic mass is 10.0. The van der Waals surface area contributed by atoms with E-state index in [9.17, 15) is 13.5 Å². The van der Waals surface area contributed by atoms with Crippen LogP contribution in [0.25, 0.3) is 0 Å². The van der Waals surface area contributed by atoms with Gasteiger partial charge in [-0.1, -0.05) is 6.07 Å². The van der Waals surface area contributed by atoms with Crippen molar-refractivity contribution in [1.82, 2.24) is 4.72 Å². The van der Waals surface area contributed by atoms with Gasteiger partial charge in [-0.15, -0.1) is 0 Å². The third-order valence-corrected chi connectivity index (χ3v) is 5.47. The van der Waals surface area contributed by atoms with Crippen LogP contribution in [0.1, 0.15) is 30.0 Å². The summed E-state index contributed by atoms with van der Waals surface area (Å²) < 4.78 is 33.1. The standard InChI is InChI=1S/C14H21NO4S/c1-10-6-11(2)13(7-12(10)8-16)20(17,18)15-14(3)4-5-19-9-14/h6-7,15-16H,4-5,8-9H2,1-3H3. The molecular weight excluding hydrogens is 278 g/mol. The SMILES string of the molecule is Cc1cc(C)c(S(=O)(=O)NC2(C)CCOC2)cc1CO. The fourth-order valence-electron chi connectivity index (χ4n) is 2.46. The van der Waals surface area contributed by atoms with Gasteiger partial charge in [0.05, 0.1) is 23.6 Å². The highest BCUT2D eigenvalue weighted by Gasteiger charge is 2.35. The number of nitrogens with one attached hydrogen (secondary N) is 1. The molecule has 0 aromatic heterocycles. The first kappa shape index (κ1) is 15.4. The molecule has 0 spiro atoms. The van der Waals surface area contributed by atoms with Crippen molar-refractivity contribution in [3.63, 3.8) is 0 Å². The van der Waals surface area contributed by atoms with E-state index in [-0.39, 0.29) is 11.5 Å². The highest BCUT2D eigenvalue weighted by molar-refractivity contribution is 7.89. The summed E-state index contributed by atoms with van der Waals surface area (Å²) in [6.45, 7) is 6.23. The third kappa shape index (κ3) is 3.03. The zero-order valence-electron chi connectivity index (χ0n) is 12.1. The Hall–Kier alpha value is -0.950. The molecule has 0 amide bonds. The molecule has 5 nitrogen and oxygen atoms in total. The Morgan fingerprint density at radius 1 is 1.35 bits per heavy atom. The van der Waals surface area contributed by atoms with E-state index < -0.39 is 15.6 Å². The van der Waals surface area contributed by atoms with E-state index in [4.69, 9.17) is 4.74 Å². The highest BCUT2D eigenvalue weighted by atomic mass is 32.2. The smallest absolute Gasteiger partial charge is 0.241 e. The molecule has 1 aliphatic rings. The Balaban J connectivity index is 2.39. The summed E-state index contributed by atoms with van der Waals surface area (Å²) in [4.78, 5) is 0.222. The molecule has 0 aliphatic carbocycles. The molecule has 6 heteroatoms. The normalized spacial score (nSPS) is 23.2. The Kier molecular flexibility index (Phi) is 4.20. The van der Waals surface area contributed by atoms with Gasteiger partial charge in [-0.25, -0.2) is 13.1 Å². The molecule has 2 N–H and O–H groups in total. The largest absolute Gasteiger partial charge is 0.392 e. The summed E-state index contributed by atoms with van der Waals surface area (Å²) >= 11 is 0. The van der Waals surface area contributed by atoms with Crippen molar-refractivity contribution in [2.24, 2.45) is 0 Å². The van der Waals surface area contributed by atoms with Gasteiger partial charge in [-0.2, -0.15) is 0 Å². The summed E-state index contributed by atoms with van der Waals surface area (Å²) in [6.07, 6.45) is 0.657. The zero-order chi connectivity index (χ0) is 15.0. The Bertz CT molecular complexity index is 604. The minimum atomic E-state index is -3.62. The second-order valence-electron chi connectivity index (χ2n) is 5.67. The maximum absolute atomic E-state index is 12.5. The van der Waals surface area contributed by atoms with Crippen LogP contribution < -0.4 is 4.72 Å². The maximum Gasteiger partial charge on any atom is 0.241 e. The first-order valence-electron chi connectivity index (χ1n) is 6.60. The van der Waals surface area contributed by atoms with Gasteiger partial charge >= 0.3 is 0 Å². The van der Waals surface area contributed by atoms with Crippen LogP contribution in [0.5, 0.6) is 0 Å². The van der Waals surface area contributed by atoms with Crippen molar-refractivity contribution in [3.8, 4) is 0 Å². The van der Waals surface area contributed by atoms with Crippen LogP contribution in [0, 0.1) is 13.8 Å². The van der Waals surface area contributed by atoms with Gasteiger partial charge in [-0.05, 0) is 49.9 Å². The number of aliphatic hydroxyl groups is 1. The number of aliphatic hydroxyl groups excluding tert-OH is 1. The van der Waals surface area contributed by atoms with Gasteiger partial charge in [0.15, 0.2) is 0 Å². The Morgan fingerprint density at radius 2 is 2.05 bits per heavy atom. The average molecular weight is 299 g/mol. The molecule has 1 unspecified atom stereocenters. The number of rotatable bonds is 4. The number of aryl methyl sites for hydroxylation is 2. The molecule has 0 saturated carbocycles. The summed E-state index contributed by atoms with van der Waals surface area (Å²) in [5, 5.41) is 9.30. The van der Waals surface area contributed by atoms with Crippen LogP contribution in [0.4, 0.5) is 0 Å². The van der Waals surface area contributed by atoms with Crippen LogP contribution in [-0.2, 0) is 21.4 Å². The molecule has 1 heterocycles. The first-order chi connectivity index (χ1) is 9.27. The molecule has 0 bridgehead atoms. The van der Waals surface area contributed by atoms with Crippen molar-refractivity contribution in [2.45, 2.75) is 44.2 Å². The number of hydrogen-bond acceptors (Lipinski definition) is 4. The Morgan fingerprint density at radius 3 is 2.60 bits per heavy atom. The summed E-state index contributed by atoms with van der Waals surface area (Å²) in [7, 11) is -3.62. The van der Waals surface area contributed by atoms with Gasteiger partial charge in [0.25, 0.3) is 0 Å². The van der Waals surface area contributed by atoms with E-state index in [1.807, 2.05) is 13.8 Å². The lowest BCUT2D eigenvalue weighted by Gasteiger charge is -2.24. The van der Waals surface area contributed by atoms with Gasteiger partial charge < -0.3 is 9.84 Å². The van der Waals surface area contributed by atoms with Gasteiger partial charge in [0.2, 0.25) is 10.0 Å². The van der Waals surface area contributed by atoms with Crippen LogP contribution >= 0.6 is 0 Å². The van der Waals surface area contributed by atoms with Crippen LogP contribution in [0.3, 0.4) is 0 Å². The van der Waals surface area contributed by atoms with E-state index in [1.165, 1.54) is 0 Å². The van der Waals surface area contributed by atoms with Crippen molar-refractivity contribution in [1.29, 1.82) is 0 Å². The van der Waals surface area contributed by atoms with Gasteiger partial charge in [0.1, 0.15) is 0 Å². The minimum Gasteiger partial charge on any atom is -0.392 e. The molecule has 1 atom stereocenters. The quantitative estimate of drug-likeness (QED) is 0.877. The minimum absolute atomic E-state index is 0.172. The van der Waals surface area contributed by atoms with E-state index >= 15 is 0 Å². The number of hydrogen-bond donors (Lipinski definition) is 2. The van der Waals surface area contributed by atoms with Crippen LogP contribution in [0.2, 0.25) is 0 Å². The lowest BCUT2D eigenvalue weighted by molar-refractivity contribution is 0.178. The number of ether oxygens (including phenoxy) is 1. The van der Waals surface area contributed by atoms with Crippen LogP contribution in [-0.4, -0.2) is 32.3 Å². The van der Waals surface area contributed by atoms with E-state index in [2.05, 4.69) is 4.72 Å². The predicted octanol–water partition coefficient (Wildman–Crippen LogP) is 1.25. The van der Waals surface area contributed by atoms with Crippen LogP contribution in [0.15, 0.2) is 17.0 Å². The van der Waals surface area contributed by atoms with Gasteiger partial charge in [0, 0.05) is 6.61 Å². The highest BCUT2D eigenvalue weighted by Crippen LogP contribution is 2.25. The van der Waals surface area contributed by atoms with Crippen molar-refractivity contribution in [2.75, 3.05) is 13.2 Å². The van der Waals surface area contributed by atoms with E-state index in [1.54, 1.807) is 19.1 Å².